The lowest BCUT2D eigenvalue weighted by atomic mass is 10.2. The van der Waals surface area contributed by atoms with E-state index in [2.05, 4.69) is 5.32 Å². The van der Waals surface area contributed by atoms with Gasteiger partial charge in [0.15, 0.2) is 0 Å². The minimum Gasteiger partial charge on any atom is -0.480 e. The van der Waals surface area contributed by atoms with Crippen LogP contribution in [0.3, 0.4) is 0 Å². The summed E-state index contributed by atoms with van der Waals surface area (Å²) in [5.74, 6) is -1.83. The summed E-state index contributed by atoms with van der Waals surface area (Å²) < 4.78 is 5.04. The molecule has 1 saturated heterocycles. The number of nitrogens with two attached hydrogens (primary N) is 1. The Morgan fingerprint density at radius 1 is 1.53 bits per heavy atom. The molecular weight excluding hydrogens is 230 g/mol. The number of urea groups is 1. The van der Waals surface area contributed by atoms with Crippen LogP contribution in [0.25, 0.3) is 0 Å². The van der Waals surface area contributed by atoms with Gasteiger partial charge in [-0.05, 0) is 6.92 Å². The lowest BCUT2D eigenvalue weighted by molar-refractivity contribution is -0.138. The highest BCUT2D eigenvalue weighted by Gasteiger charge is 2.32. The molecule has 0 radical (unpaired) electrons. The van der Waals surface area contributed by atoms with Gasteiger partial charge in [0.05, 0.1) is 13.2 Å². The summed E-state index contributed by atoms with van der Waals surface area (Å²) in [7, 11) is 0. The zero-order valence-electron chi connectivity index (χ0n) is 9.38. The van der Waals surface area contributed by atoms with Crippen LogP contribution in [0, 0.1) is 0 Å². The molecule has 8 heteroatoms. The van der Waals surface area contributed by atoms with E-state index in [4.69, 9.17) is 15.6 Å². The molecule has 2 atom stereocenters. The Balaban J connectivity index is 2.65. The lowest BCUT2D eigenvalue weighted by Crippen LogP contribution is -2.59. The highest BCUT2D eigenvalue weighted by molar-refractivity contribution is 5.88. The standard InChI is InChI=1S/C9H15N3O5/c1-5(8(14)15)11-9(16)12-2-3-17-4-6(12)7(10)13/h5-6H,2-4H2,1H3,(H2,10,13)(H,11,16)(H,14,15)/t5-,6?/m0/s1. The Labute approximate surface area is 97.7 Å². The van der Waals surface area contributed by atoms with Gasteiger partial charge >= 0.3 is 12.0 Å². The van der Waals surface area contributed by atoms with Crippen molar-refractivity contribution >= 4 is 17.9 Å². The van der Waals surface area contributed by atoms with Gasteiger partial charge in [-0.15, -0.1) is 0 Å². The number of morpholine rings is 1. The van der Waals surface area contributed by atoms with E-state index in [1.165, 1.54) is 11.8 Å². The van der Waals surface area contributed by atoms with Crippen LogP contribution in [0.15, 0.2) is 0 Å². The molecule has 0 aromatic heterocycles. The smallest absolute Gasteiger partial charge is 0.325 e. The van der Waals surface area contributed by atoms with Crippen LogP contribution in [0.1, 0.15) is 6.92 Å². The van der Waals surface area contributed by atoms with Gasteiger partial charge < -0.3 is 25.8 Å². The fraction of sp³-hybridized carbons (Fsp3) is 0.667. The fourth-order valence-electron chi connectivity index (χ4n) is 1.41. The first-order valence-corrected chi connectivity index (χ1v) is 5.10. The quantitative estimate of drug-likeness (QED) is 0.550. The maximum Gasteiger partial charge on any atom is 0.325 e. The fourth-order valence-corrected chi connectivity index (χ4v) is 1.41. The molecule has 0 aliphatic carbocycles. The molecule has 4 N–H and O–H groups in total. The van der Waals surface area contributed by atoms with Gasteiger partial charge in [0.25, 0.3) is 0 Å². The molecule has 0 spiro atoms. The van der Waals surface area contributed by atoms with E-state index in [-0.39, 0.29) is 13.2 Å². The normalized spacial score (nSPS) is 21.7. The number of ether oxygens (including phenoxy) is 1. The number of hydrogen-bond donors (Lipinski definition) is 3. The molecule has 1 unspecified atom stereocenters. The first kappa shape index (κ1) is 13.2. The predicted octanol–water partition coefficient (Wildman–Crippen LogP) is -1.64. The molecule has 96 valence electrons. The Hall–Kier alpha value is -1.83. The average Bonchev–Trinajstić information content (AvgIpc) is 2.28. The predicted molar refractivity (Wildman–Crippen MR) is 56.1 cm³/mol. The average molecular weight is 245 g/mol. The number of aliphatic carboxylic acids is 1. The Morgan fingerprint density at radius 3 is 2.71 bits per heavy atom. The van der Waals surface area contributed by atoms with Crippen molar-refractivity contribution in [3.05, 3.63) is 0 Å². The number of nitrogens with one attached hydrogen (secondary N) is 1. The highest BCUT2D eigenvalue weighted by atomic mass is 16.5. The van der Waals surface area contributed by atoms with E-state index >= 15 is 0 Å². The SMILES string of the molecule is C[C@H](NC(=O)N1CCOCC1C(N)=O)C(=O)O. The number of primary amides is 1. The van der Waals surface area contributed by atoms with Gasteiger partial charge in [-0.3, -0.25) is 9.59 Å². The van der Waals surface area contributed by atoms with E-state index in [1.807, 2.05) is 0 Å². The zero-order chi connectivity index (χ0) is 13.0. The van der Waals surface area contributed by atoms with E-state index < -0.39 is 30.0 Å². The summed E-state index contributed by atoms with van der Waals surface area (Å²) in [4.78, 5) is 34.6. The van der Waals surface area contributed by atoms with Gasteiger partial charge in [0.2, 0.25) is 5.91 Å². The molecule has 0 bridgehead atoms. The second kappa shape index (κ2) is 5.48. The van der Waals surface area contributed by atoms with E-state index in [1.54, 1.807) is 0 Å². The van der Waals surface area contributed by atoms with Gasteiger partial charge in [0.1, 0.15) is 12.1 Å². The number of hydrogen-bond acceptors (Lipinski definition) is 4. The second-order valence-corrected chi connectivity index (χ2v) is 3.70. The molecule has 3 amide bonds. The third-order valence-electron chi connectivity index (χ3n) is 2.43. The zero-order valence-corrected chi connectivity index (χ0v) is 9.38. The largest absolute Gasteiger partial charge is 0.480 e. The van der Waals surface area contributed by atoms with Crippen LogP contribution < -0.4 is 11.1 Å². The molecular formula is C9H15N3O5. The number of carboxylic acids is 1. The summed E-state index contributed by atoms with van der Waals surface area (Å²) in [6, 6.07) is -2.52. The van der Waals surface area contributed by atoms with Gasteiger partial charge in [-0.2, -0.15) is 0 Å². The van der Waals surface area contributed by atoms with Crippen LogP contribution in [0.2, 0.25) is 0 Å². The summed E-state index contributed by atoms with van der Waals surface area (Å²) in [6.45, 7) is 1.86. The number of rotatable bonds is 3. The Kier molecular flexibility index (Phi) is 4.27. The second-order valence-electron chi connectivity index (χ2n) is 3.70. The highest BCUT2D eigenvalue weighted by Crippen LogP contribution is 2.07. The molecule has 1 aliphatic heterocycles. The van der Waals surface area contributed by atoms with E-state index in [9.17, 15) is 14.4 Å². The molecule has 1 rings (SSSR count). The van der Waals surface area contributed by atoms with Crippen molar-refractivity contribution in [2.75, 3.05) is 19.8 Å². The summed E-state index contributed by atoms with van der Waals surface area (Å²) in [5, 5.41) is 10.9. The Morgan fingerprint density at radius 2 is 2.18 bits per heavy atom. The van der Waals surface area contributed by atoms with Gasteiger partial charge in [-0.1, -0.05) is 0 Å². The monoisotopic (exact) mass is 245 g/mol. The van der Waals surface area contributed by atoms with Crippen molar-refractivity contribution in [2.45, 2.75) is 19.0 Å². The topological polar surface area (TPSA) is 122 Å². The number of amides is 3. The molecule has 1 heterocycles. The molecule has 0 aromatic rings. The minimum absolute atomic E-state index is 0.0320. The number of carbonyl (C=O) groups is 3. The molecule has 8 nitrogen and oxygen atoms in total. The van der Waals surface area contributed by atoms with E-state index in [0.717, 1.165) is 0 Å². The van der Waals surface area contributed by atoms with Crippen LogP contribution in [0.4, 0.5) is 4.79 Å². The van der Waals surface area contributed by atoms with Crippen LogP contribution in [-0.4, -0.2) is 59.8 Å². The first-order chi connectivity index (χ1) is 7.93. The molecule has 0 saturated carbocycles. The van der Waals surface area contributed by atoms with Crippen LogP contribution >= 0.6 is 0 Å². The maximum absolute atomic E-state index is 11.7. The molecule has 1 fully saturated rings. The number of nitrogens with zero attached hydrogens (tertiary/aromatic N) is 1. The molecule has 1 aliphatic rings. The van der Waals surface area contributed by atoms with Crippen molar-refractivity contribution in [3.8, 4) is 0 Å². The van der Waals surface area contributed by atoms with Crippen LogP contribution in [-0.2, 0) is 14.3 Å². The van der Waals surface area contributed by atoms with Crippen molar-refractivity contribution in [2.24, 2.45) is 5.73 Å². The van der Waals surface area contributed by atoms with Crippen LogP contribution in [0.5, 0.6) is 0 Å². The van der Waals surface area contributed by atoms with E-state index in [0.29, 0.717) is 6.61 Å². The summed E-state index contributed by atoms with van der Waals surface area (Å²) >= 11 is 0. The van der Waals surface area contributed by atoms with Crippen molar-refractivity contribution in [3.63, 3.8) is 0 Å². The maximum atomic E-state index is 11.7. The van der Waals surface area contributed by atoms with Crippen molar-refractivity contribution in [1.82, 2.24) is 10.2 Å². The summed E-state index contributed by atoms with van der Waals surface area (Å²) in [5.41, 5.74) is 5.13. The Bertz CT molecular complexity index is 333. The third-order valence-corrected chi connectivity index (χ3v) is 2.43. The minimum atomic E-state index is -1.15. The van der Waals surface area contributed by atoms with Gasteiger partial charge in [0, 0.05) is 6.54 Å². The lowest BCUT2D eigenvalue weighted by Gasteiger charge is -2.33. The van der Waals surface area contributed by atoms with Crippen molar-refractivity contribution < 1.29 is 24.2 Å². The molecule has 17 heavy (non-hydrogen) atoms. The summed E-state index contributed by atoms with van der Waals surface area (Å²) in [6.07, 6.45) is 0. The third kappa shape index (κ3) is 3.31. The first-order valence-electron chi connectivity index (χ1n) is 5.10. The number of carboxylic acid groups (broad SMARTS) is 1. The van der Waals surface area contributed by atoms with Crippen molar-refractivity contribution in [1.29, 1.82) is 0 Å². The number of carbonyl (C=O) groups excluding carboxylic acids is 2. The van der Waals surface area contributed by atoms with Gasteiger partial charge in [-0.25, -0.2) is 4.79 Å². The molecule has 0 aromatic carbocycles.